The summed E-state index contributed by atoms with van der Waals surface area (Å²) in [6.45, 7) is 3.93. The van der Waals surface area contributed by atoms with Crippen molar-refractivity contribution < 1.29 is 195 Å². The molecule has 2 saturated heterocycles. The summed E-state index contributed by atoms with van der Waals surface area (Å²) in [6.07, 6.45) is 1.43. The number of benzene rings is 4. The summed E-state index contributed by atoms with van der Waals surface area (Å²) < 4.78 is 10.8. The van der Waals surface area contributed by atoms with Crippen molar-refractivity contribution in [1.82, 2.24) is 10.2 Å². The number of hydrogen-bond donors (Lipinski definition) is 7. The Labute approximate surface area is 448 Å². The first-order chi connectivity index (χ1) is 25.5. The van der Waals surface area contributed by atoms with Gasteiger partial charge in [0.05, 0.1) is 26.4 Å². The third-order valence-corrected chi connectivity index (χ3v) is 8.90. The van der Waals surface area contributed by atoms with E-state index >= 15 is 0 Å². The Morgan fingerprint density at radius 2 is 1.35 bits per heavy atom. The maximum absolute atomic E-state index is 11.2. The van der Waals surface area contributed by atoms with Gasteiger partial charge in [-0.3, -0.25) is 9.69 Å². The van der Waals surface area contributed by atoms with Crippen LogP contribution in [0, 0.1) is 10.4 Å². The number of hydrogen-bond acceptors (Lipinski definition) is 13. The minimum Gasteiger partial charge on any atom is -1.00 e. The molecule has 0 bridgehead atoms. The molecule has 290 valence electrons. The van der Waals surface area contributed by atoms with E-state index in [0.717, 1.165) is 83.5 Å². The fourth-order valence-corrected chi connectivity index (χ4v) is 5.98. The van der Waals surface area contributed by atoms with Crippen LogP contribution in [0.4, 0.5) is 11.4 Å². The SMILES string of the molecule is COc1ccc(CBr)cc1-c1cccc([NH+]([O-])O)c1.COc1ccc(CN2CC[C@@H](O)C2)cc1-c1cccc([NH+]([O-])O)c1.O=CO[O-].O[C@@H]1CCNC1.[Cs+].[Cs+].[H-]. The van der Waals surface area contributed by atoms with E-state index in [9.17, 15) is 20.7 Å². The third-order valence-electron chi connectivity index (χ3n) is 8.25. The van der Waals surface area contributed by atoms with Crippen LogP contribution in [-0.2, 0) is 21.6 Å². The zero-order chi connectivity index (χ0) is 38.8. The Balaban J connectivity index is 0.000000842. The molecule has 2 unspecified atom stereocenters. The van der Waals surface area contributed by atoms with Crippen LogP contribution in [0.1, 0.15) is 25.4 Å². The molecule has 2 fully saturated rings. The van der Waals surface area contributed by atoms with Gasteiger partial charge in [0.2, 0.25) is 0 Å². The second-order valence-electron chi connectivity index (χ2n) is 12.0. The maximum atomic E-state index is 11.2. The van der Waals surface area contributed by atoms with Crippen LogP contribution in [0.25, 0.3) is 22.3 Å². The molecule has 0 radical (unpaired) electrons. The van der Waals surface area contributed by atoms with Gasteiger partial charge in [-0.25, -0.2) is 10.4 Å². The van der Waals surface area contributed by atoms with Crippen molar-refractivity contribution >= 4 is 33.8 Å². The van der Waals surface area contributed by atoms with E-state index in [4.69, 9.17) is 29.8 Å². The molecule has 0 spiro atoms. The summed E-state index contributed by atoms with van der Waals surface area (Å²) in [5.74, 6) is 1.44. The van der Waals surface area contributed by atoms with Crippen LogP contribution in [0.3, 0.4) is 0 Å². The summed E-state index contributed by atoms with van der Waals surface area (Å²) in [5.41, 5.74) is 6.15. The van der Waals surface area contributed by atoms with E-state index in [-0.39, 0.29) is 169 Å². The van der Waals surface area contributed by atoms with Gasteiger partial charge in [-0.15, -0.1) is 0 Å². The molecule has 55 heavy (non-hydrogen) atoms. The number of nitrogens with zero attached hydrogens (tertiary/aromatic N) is 1. The van der Waals surface area contributed by atoms with E-state index < -0.39 is 10.5 Å². The number of halogens is 1. The first-order valence-electron chi connectivity index (χ1n) is 16.6. The molecule has 4 aromatic rings. The molecule has 7 N–H and O–H groups in total. The molecule has 0 saturated carbocycles. The number of alkyl halides is 1. The summed E-state index contributed by atoms with van der Waals surface area (Å²) in [4.78, 5) is 13.5. The Morgan fingerprint density at radius 3 is 1.71 bits per heavy atom. The smallest absolute Gasteiger partial charge is 1.00 e. The summed E-state index contributed by atoms with van der Waals surface area (Å²) >= 11 is 3.41. The molecule has 0 aromatic heterocycles. The largest absolute Gasteiger partial charge is 1.00 e. The van der Waals surface area contributed by atoms with Gasteiger partial charge in [0.15, 0.2) is 11.4 Å². The molecule has 15 nitrogen and oxygen atoms in total. The minimum absolute atomic E-state index is 0. The average molecular weight is 1070 g/mol. The van der Waals surface area contributed by atoms with Crippen molar-refractivity contribution in [2.24, 2.45) is 0 Å². The number of carbonyl (C=O) groups excluding carboxylic acids is 1. The summed E-state index contributed by atoms with van der Waals surface area (Å²) in [5, 5.41) is 69.1. The van der Waals surface area contributed by atoms with Crippen LogP contribution in [0.5, 0.6) is 11.5 Å². The maximum Gasteiger partial charge on any atom is 1.00 e. The number of carbonyl (C=O) groups is 1. The monoisotopic (exact) mass is 1070 g/mol. The van der Waals surface area contributed by atoms with Gasteiger partial charge in [-0.2, -0.15) is 10.5 Å². The van der Waals surface area contributed by atoms with Crippen molar-refractivity contribution in [3.8, 4) is 33.8 Å². The van der Waals surface area contributed by atoms with Crippen LogP contribution in [0.2, 0.25) is 0 Å². The standard InChI is InChI=1S/C18H22N2O4.C14H14BrNO3.C4H9NO.CH2O3.2Cs.H/c1-24-18-6-5-13(11-19-8-7-16(21)12-19)9-17(18)14-3-2-4-15(10-14)20(22)23;1-19-14-6-5-10(9-15)7-13(14)11-3-2-4-12(8-11)16(17)18;6-4-1-2-5-3-4;2-1-4-3;;;/h2-6,9-10,16,20-22H,7-8,11-12H2,1H3;2-8,16-17H,9H2,1H3;4-6H,1-3H2;1,3H;;;/q;;;;2*+1;-1/p-1/t16-;;4-;;;;/m1.1..../s1. The van der Waals surface area contributed by atoms with Crippen molar-refractivity contribution in [3.63, 3.8) is 0 Å². The Bertz CT molecular complexity index is 1710. The summed E-state index contributed by atoms with van der Waals surface area (Å²) in [7, 11) is 3.21. The molecule has 2 aliphatic heterocycles. The molecular weight excluding hydrogens is 1020 g/mol. The van der Waals surface area contributed by atoms with Crippen LogP contribution < -0.4 is 168 Å². The number of nitrogens with one attached hydrogen (secondary N) is 3. The van der Waals surface area contributed by atoms with Crippen LogP contribution in [-0.4, -0.2) is 84.6 Å². The first-order valence-corrected chi connectivity index (χ1v) is 17.7. The second kappa shape index (κ2) is 29.3. The number of methoxy groups -OCH3 is 2. The molecule has 0 amide bonds. The van der Waals surface area contributed by atoms with Crippen molar-refractivity contribution in [2.45, 2.75) is 36.9 Å². The van der Waals surface area contributed by atoms with Gasteiger partial charge < -0.3 is 47.0 Å². The molecule has 6 rings (SSSR count). The van der Waals surface area contributed by atoms with E-state index in [0.29, 0.717) is 12.3 Å². The Morgan fingerprint density at radius 1 is 0.836 bits per heavy atom. The second-order valence-corrected chi connectivity index (χ2v) is 12.6. The van der Waals surface area contributed by atoms with Crippen LogP contribution >= 0.6 is 15.9 Å². The Kier molecular flexibility index (Phi) is 28.3. The number of quaternary nitrogens is 2. The third kappa shape index (κ3) is 18.5. The number of aliphatic hydroxyl groups is 2. The van der Waals surface area contributed by atoms with Gasteiger partial charge in [-0.05, 0) is 65.9 Å². The van der Waals surface area contributed by atoms with Gasteiger partial charge in [0.1, 0.15) is 11.5 Å². The quantitative estimate of drug-likeness (QED) is 0.0349. The zero-order valence-electron chi connectivity index (χ0n) is 32.4. The molecule has 4 atom stereocenters. The van der Waals surface area contributed by atoms with Crippen molar-refractivity contribution in [1.29, 1.82) is 0 Å². The Hall–Kier alpha value is 0.0939. The molecule has 0 aliphatic carbocycles. The van der Waals surface area contributed by atoms with Crippen molar-refractivity contribution in [3.05, 3.63) is 106 Å². The summed E-state index contributed by atoms with van der Waals surface area (Å²) in [6, 6.07) is 25.5. The fourth-order valence-electron chi connectivity index (χ4n) is 5.64. The van der Waals surface area contributed by atoms with Gasteiger partial charge in [-0.1, -0.05) is 52.3 Å². The predicted molar refractivity (Wildman–Crippen MR) is 199 cm³/mol. The van der Waals surface area contributed by atoms with Gasteiger partial charge >= 0.3 is 138 Å². The number of aliphatic hydroxyl groups excluding tert-OH is 2. The average Bonchev–Trinajstić information content (AvgIpc) is 3.84. The number of β-amino-alcohol motifs (C(OH)–C–C–N with tert-alkyl or cyclic N) is 2. The molecule has 2 heterocycles. The number of rotatable bonds is 10. The zero-order valence-corrected chi connectivity index (χ0v) is 45.6. The van der Waals surface area contributed by atoms with Crippen molar-refractivity contribution in [2.75, 3.05) is 40.4 Å². The predicted octanol–water partition coefficient (Wildman–Crippen LogP) is -4.11. The number of likely N-dealkylation sites (tertiary alicyclic amines) is 1. The van der Waals surface area contributed by atoms with Gasteiger partial charge in [0.25, 0.3) is 6.47 Å². The minimum atomic E-state index is -0.946. The van der Waals surface area contributed by atoms with E-state index in [1.165, 1.54) is 0 Å². The van der Waals surface area contributed by atoms with E-state index in [2.05, 4.69) is 31.0 Å². The fraction of sp³-hybridized carbons (Fsp3) is 0.324. The van der Waals surface area contributed by atoms with Gasteiger partial charge in [0, 0.05) is 66.9 Å². The normalized spacial score (nSPS) is 16.8. The van der Waals surface area contributed by atoms with Crippen LogP contribution in [0.15, 0.2) is 84.9 Å². The van der Waals surface area contributed by atoms with E-state index in [1.54, 1.807) is 50.6 Å². The molecule has 2 aliphatic rings. The number of ether oxygens (including phenoxy) is 2. The molecule has 18 heteroatoms. The molecule has 4 aromatic carbocycles. The van der Waals surface area contributed by atoms with E-state index in [1.807, 2.05) is 48.5 Å². The molecular formula is C37H47BrCs2N4O11. The topological polar surface area (TPSA) is 219 Å². The first kappa shape index (κ1) is 53.1.